The Labute approximate surface area is 129 Å². The molecule has 0 radical (unpaired) electrons. The highest BCUT2D eigenvalue weighted by Crippen LogP contribution is 2.43. The summed E-state index contributed by atoms with van der Waals surface area (Å²) in [6.45, 7) is 0.794. The first-order chi connectivity index (χ1) is 10.2. The molecule has 108 valence electrons. The molecular weight excluding hydrogens is 334 g/mol. The predicted octanol–water partition coefficient (Wildman–Crippen LogP) is 1.92. The van der Waals surface area contributed by atoms with Gasteiger partial charge in [-0.15, -0.1) is 0 Å². The molecule has 3 aromatic rings. The molecule has 8 heteroatoms. The number of anilines is 1. The van der Waals surface area contributed by atoms with E-state index in [0.717, 1.165) is 40.7 Å². The topological polar surface area (TPSA) is 73.5 Å². The summed E-state index contributed by atoms with van der Waals surface area (Å²) in [7, 11) is 1.88. The van der Waals surface area contributed by atoms with Crippen LogP contribution >= 0.6 is 15.9 Å². The van der Waals surface area contributed by atoms with Crippen LogP contribution in [0.25, 0.3) is 11.0 Å². The summed E-state index contributed by atoms with van der Waals surface area (Å²) in [4.78, 5) is 8.58. The summed E-state index contributed by atoms with van der Waals surface area (Å²) in [6.07, 6.45) is 9.45. The Morgan fingerprint density at radius 2 is 2.14 bits per heavy atom. The van der Waals surface area contributed by atoms with Gasteiger partial charge in [0.1, 0.15) is 12.1 Å². The molecule has 0 aromatic carbocycles. The highest BCUT2D eigenvalue weighted by molar-refractivity contribution is 9.10. The molecule has 4 rings (SSSR count). The Morgan fingerprint density at radius 1 is 1.29 bits per heavy atom. The van der Waals surface area contributed by atoms with Gasteiger partial charge in [-0.1, -0.05) is 0 Å². The second-order valence-corrected chi connectivity index (χ2v) is 6.32. The van der Waals surface area contributed by atoms with E-state index in [9.17, 15) is 0 Å². The highest BCUT2D eigenvalue weighted by Gasteiger charge is 2.45. The Bertz CT molecular complexity index is 802. The number of halogens is 1. The number of aryl methyl sites for hydroxylation is 1. The van der Waals surface area contributed by atoms with Crippen molar-refractivity contribution in [1.82, 2.24) is 29.5 Å². The molecule has 0 aliphatic heterocycles. The molecule has 1 aliphatic carbocycles. The maximum atomic E-state index is 4.41. The monoisotopic (exact) mass is 347 g/mol. The molecule has 3 heterocycles. The zero-order valence-electron chi connectivity index (χ0n) is 11.5. The van der Waals surface area contributed by atoms with Gasteiger partial charge in [-0.25, -0.2) is 9.97 Å². The van der Waals surface area contributed by atoms with Crippen LogP contribution in [0.1, 0.15) is 12.8 Å². The van der Waals surface area contributed by atoms with Crippen LogP contribution in [0.5, 0.6) is 0 Å². The molecule has 0 saturated heterocycles. The van der Waals surface area contributed by atoms with Gasteiger partial charge in [0.25, 0.3) is 0 Å². The molecule has 21 heavy (non-hydrogen) atoms. The summed E-state index contributed by atoms with van der Waals surface area (Å²) in [5, 5.41) is 13.0. The van der Waals surface area contributed by atoms with Gasteiger partial charge in [0.2, 0.25) is 0 Å². The van der Waals surface area contributed by atoms with E-state index < -0.39 is 0 Å². The van der Waals surface area contributed by atoms with Crippen molar-refractivity contribution in [2.24, 2.45) is 7.05 Å². The second-order valence-electron chi connectivity index (χ2n) is 5.41. The van der Waals surface area contributed by atoms with Crippen molar-refractivity contribution in [3.63, 3.8) is 0 Å². The minimum Gasteiger partial charge on any atom is -0.367 e. The van der Waals surface area contributed by atoms with Crippen LogP contribution in [0.3, 0.4) is 0 Å². The lowest BCUT2D eigenvalue weighted by molar-refractivity contribution is 0.452. The number of hydrogen-bond acceptors (Lipinski definition) is 5. The highest BCUT2D eigenvalue weighted by atomic mass is 79.9. The third kappa shape index (κ3) is 2.10. The molecule has 0 atom stereocenters. The molecule has 7 nitrogen and oxygen atoms in total. The van der Waals surface area contributed by atoms with E-state index in [1.165, 1.54) is 0 Å². The second kappa shape index (κ2) is 4.52. The van der Waals surface area contributed by atoms with Gasteiger partial charge in [0, 0.05) is 19.8 Å². The Kier molecular flexibility index (Phi) is 2.75. The van der Waals surface area contributed by atoms with Crippen LogP contribution in [0.4, 0.5) is 5.82 Å². The van der Waals surface area contributed by atoms with Crippen LogP contribution in [0, 0.1) is 0 Å². The fraction of sp³-hybridized carbons (Fsp3) is 0.385. The SMILES string of the molecule is Cn1ncc2c(NCC3(n4cc(Br)cn4)CC3)ncnc21. The first-order valence-corrected chi connectivity index (χ1v) is 7.54. The van der Waals surface area contributed by atoms with Gasteiger partial charge in [-0.05, 0) is 28.8 Å². The third-order valence-corrected chi connectivity index (χ3v) is 4.39. The summed E-state index contributed by atoms with van der Waals surface area (Å²) >= 11 is 3.45. The maximum Gasteiger partial charge on any atom is 0.163 e. The number of fused-ring (bicyclic) bond motifs is 1. The number of aromatic nitrogens is 6. The maximum absolute atomic E-state index is 4.41. The van der Waals surface area contributed by atoms with Crippen molar-refractivity contribution in [2.45, 2.75) is 18.4 Å². The fourth-order valence-corrected chi connectivity index (χ4v) is 2.83. The molecule has 1 saturated carbocycles. The molecule has 1 N–H and O–H groups in total. The lowest BCUT2D eigenvalue weighted by atomic mass is 10.2. The summed E-state index contributed by atoms with van der Waals surface area (Å²) < 4.78 is 4.79. The van der Waals surface area contributed by atoms with Crippen LogP contribution < -0.4 is 5.32 Å². The van der Waals surface area contributed by atoms with Crippen LogP contribution in [0.15, 0.2) is 29.4 Å². The van der Waals surface area contributed by atoms with E-state index in [0.29, 0.717) is 0 Å². The molecule has 0 bridgehead atoms. The van der Waals surface area contributed by atoms with E-state index >= 15 is 0 Å². The summed E-state index contributed by atoms with van der Waals surface area (Å²) in [6, 6.07) is 0. The molecule has 1 fully saturated rings. The average molecular weight is 348 g/mol. The minimum atomic E-state index is 0.0610. The van der Waals surface area contributed by atoms with E-state index in [1.54, 1.807) is 17.2 Å². The lowest BCUT2D eigenvalue weighted by Gasteiger charge is -2.17. The first kappa shape index (κ1) is 12.8. The van der Waals surface area contributed by atoms with Gasteiger partial charge in [-0.3, -0.25) is 9.36 Å². The molecular formula is C13H14BrN7. The van der Waals surface area contributed by atoms with E-state index in [1.807, 2.05) is 24.1 Å². The van der Waals surface area contributed by atoms with E-state index in [-0.39, 0.29) is 5.54 Å². The lowest BCUT2D eigenvalue weighted by Crippen LogP contribution is -2.27. The fourth-order valence-electron chi connectivity index (χ4n) is 2.54. The Morgan fingerprint density at radius 3 is 2.86 bits per heavy atom. The number of hydrogen-bond donors (Lipinski definition) is 1. The van der Waals surface area contributed by atoms with Crippen molar-refractivity contribution < 1.29 is 0 Å². The van der Waals surface area contributed by atoms with Gasteiger partial charge in [-0.2, -0.15) is 10.2 Å². The largest absolute Gasteiger partial charge is 0.367 e. The molecule has 0 amide bonds. The molecule has 3 aromatic heterocycles. The normalized spacial score (nSPS) is 16.3. The summed E-state index contributed by atoms with van der Waals surface area (Å²) in [5.41, 5.74) is 0.894. The van der Waals surface area contributed by atoms with Gasteiger partial charge in [0.05, 0.1) is 27.8 Å². The first-order valence-electron chi connectivity index (χ1n) is 6.75. The smallest absolute Gasteiger partial charge is 0.163 e. The standard InChI is InChI=1S/C13H14BrN7/c1-20-12-10(5-18-20)11(16-8-17-12)15-7-13(2-3-13)21-6-9(14)4-19-21/h4-6,8H,2-3,7H2,1H3,(H,15,16,17). The van der Waals surface area contributed by atoms with E-state index in [2.05, 4.69) is 41.4 Å². The third-order valence-electron chi connectivity index (χ3n) is 3.98. The predicted molar refractivity (Wildman–Crippen MR) is 81.9 cm³/mol. The number of nitrogens with one attached hydrogen (secondary N) is 1. The zero-order chi connectivity index (χ0) is 14.4. The quantitative estimate of drug-likeness (QED) is 0.780. The van der Waals surface area contributed by atoms with Crippen molar-refractivity contribution in [3.8, 4) is 0 Å². The Hall–Kier alpha value is -1.96. The van der Waals surface area contributed by atoms with Gasteiger partial charge >= 0.3 is 0 Å². The average Bonchev–Trinajstić information content (AvgIpc) is 3.00. The van der Waals surface area contributed by atoms with Crippen molar-refractivity contribution in [3.05, 3.63) is 29.4 Å². The molecule has 1 aliphatic rings. The van der Waals surface area contributed by atoms with E-state index in [4.69, 9.17) is 0 Å². The Balaban J connectivity index is 1.59. The number of rotatable bonds is 4. The molecule has 0 spiro atoms. The number of nitrogens with zero attached hydrogens (tertiary/aromatic N) is 6. The van der Waals surface area contributed by atoms with Crippen LogP contribution in [-0.4, -0.2) is 36.1 Å². The van der Waals surface area contributed by atoms with Gasteiger partial charge in [0.15, 0.2) is 5.65 Å². The zero-order valence-corrected chi connectivity index (χ0v) is 13.1. The minimum absolute atomic E-state index is 0.0610. The van der Waals surface area contributed by atoms with Crippen molar-refractivity contribution in [2.75, 3.05) is 11.9 Å². The summed E-state index contributed by atoms with van der Waals surface area (Å²) in [5.74, 6) is 0.825. The van der Waals surface area contributed by atoms with Crippen LogP contribution in [-0.2, 0) is 12.6 Å². The molecule has 0 unspecified atom stereocenters. The van der Waals surface area contributed by atoms with Gasteiger partial charge < -0.3 is 5.32 Å². The van der Waals surface area contributed by atoms with Crippen molar-refractivity contribution in [1.29, 1.82) is 0 Å². The van der Waals surface area contributed by atoms with Crippen LogP contribution in [0.2, 0.25) is 0 Å². The van der Waals surface area contributed by atoms with Crippen molar-refractivity contribution >= 4 is 32.8 Å².